The summed E-state index contributed by atoms with van der Waals surface area (Å²) in [7, 11) is 0. The van der Waals surface area contributed by atoms with Gasteiger partial charge in [-0.15, -0.1) is 0 Å². The third-order valence-electron chi connectivity index (χ3n) is 3.93. The van der Waals surface area contributed by atoms with E-state index in [4.69, 9.17) is 11.6 Å². The molecule has 1 saturated carbocycles. The molecule has 0 unspecified atom stereocenters. The summed E-state index contributed by atoms with van der Waals surface area (Å²) in [6.45, 7) is 0. The largest absolute Gasteiger partial charge is 0.481 e. The zero-order valence-corrected chi connectivity index (χ0v) is 12.6. The molecule has 2 N–H and O–H groups in total. The van der Waals surface area contributed by atoms with Gasteiger partial charge in [0, 0.05) is 11.1 Å². The number of rotatable bonds is 4. The summed E-state index contributed by atoms with van der Waals surface area (Å²) in [6, 6.07) is 6.89. The van der Waals surface area contributed by atoms with E-state index in [1.807, 2.05) is 6.07 Å². The number of carboxylic acids is 1. The highest BCUT2D eigenvalue weighted by Gasteiger charge is 2.30. The molecule has 4 nitrogen and oxygen atoms in total. The van der Waals surface area contributed by atoms with Gasteiger partial charge in [0.05, 0.1) is 12.3 Å². The number of nitrogens with one attached hydrogen (secondary N) is 1. The van der Waals surface area contributed by atoms with Crippen LogP contribution in [0.25, 0.3) is 0 Å². The molecule has 1 aliphatic rings. The SMILES string of the molecule is O=C(Cc1cccc(Cl)c1)N[C@H]1CCCCC[C@H]1C(=O)O. The van der Waals surface area contributed by atoms with Crippen LogP contribution >= 0.6 is 11.6 Å². The van der Waals surface area contributed by atoms with Crippen molar-refractivity contribution in [3.8, 4) is 0 Å². The fourth-order valence-electron chi connectivity index (χ4n) is 2.87. The summed E-state index contributed by atoms with van der Waals surface area (Å²) in [5.41, 5.74) is 0.834. The van der Waals surface area contributed by atoms with Crippen molar-refractivity contribution < 1.29 is 14.7 Å². The molecule has 0 saturated heterocycles. The first kappa shape index (κ1) is 15.8. The second-order valence-electron chi connectivity index (χ2n) is 5.56. The van der Waals surface area contributed by atoms with Crippen molar-refractivity contribution in [3.05, 3.63) is 34.9 Å². The maximum atomic E-state index is 12.1. The van der Waals surface area contributed by atoms with Crippen molar-refractivity contribution in [1.29, 1.82) is 0 Å². The van der Waals surface area contributed by atoms with Crippen LogP contribution in [0.4, 0.5) is 0 Å². The summed E-state index contributed by atoms with van der Waals surface area (Å²) in [5, 5.41) is 12.8. The molecule has 0 spiro atoms. The van der Waals surface area contributed by atoms with Crippen LogP contribution in [0.2, 0.25) is 5.02 Å². The van der Waals surface area contributed by atoms with Gasteiger partial charge in [0.15, 0.2) is 0 Å². The summed E-state index contributed by atoms with van der Waals surface area (Å²) in [4.78, 5) is 23.5. The third-order valence-corrected chi connectivity index (χ3v) is 4.17. The van der Waals surface area contributed by atoms with Crippen molar-refractivity contribution in [2.75, 3.05) is 0 Å². The highest BCUT2D eigenvalue weighted by Crippen LogP contribution is 2.24. The average Bonchev–Trinajstić information content (AvgIpc) is 2.64. The van der Waals surface area contributed by atoms with E-state index < -0.39 is 11.9 Å². The van der Waals surface area contributed by atoms with Crippen LogP contribution in [0.5, 0.6) is 0 Å². The molecule has 0 bridgehead atoms. The number of halogens is 1. The number of carboxylic acid groups (broad SMARTS) is 1. The molecule has 1 fully saturated rings. The summed E-state index contributed by atoms with van der Waals surface area (Å²) in [6.07, 6.45) is 4.51. The summed E-state index contributed by atoms with van der Waals surface area (Å²) < 4.78 is 0. The van der Waals surface area contributed by atoms with Crippen LogP contribution in [0.1, 0.15) is 37.7 Å². The first-order chi connectivity index (χ1) is 10.1. The van der Waals surface area contributed by atoms with Crippen LogP contribution in [0.3, 0.4) is 0 Å². The number of carbonyl (C=O) groups is 2. The fraction of sp³-hybridized carbons (Fsp3) is 0.500. The molecule has 0 heterocycles. The molecule has 1 aromatic carbocycles. The Balaban J connectivity index is 1.97. The second-order valence-corrected chi connectivity index (χ2v) is 6.00. The Kier molecular flexibility index (Phi) is 5.62. The highest BCUT2D eigenvalue weighted by molar-refractivity contribution is 6.30. The van der Waals surface area contributed by atoms with E-state index in [-0.39, 0.29) is 18.4 Å². The van der Waals surface area contributed by atoms with Gasteiger partial charge in [0.25, 0.3) is 0 Å². The minimum atomic E-state index is -0.815. The second kappa shape index (κ2) is 7.46. The third kappa shape index (κ3) is 4.74. The van der Waals surface area contributed by atoms with Crippen molar-refractivity contribution >= 4 is 23.5 Å². The van der Waals surface area contributed by atoms with Gasteiger partial charge in [-0.3, -0.25) is 9.59 Å². The van der Waals surface area contributed by atoms with Crippen LogP contribution < -0.4 is 5.32 Å². The number of carbonyl (C=O) groups excluding carboxylic acids is 1. The van der Waals surface area contributed by atoms with E-state index in [9.17, 15) is 14.7 Å². The molecule has 1 amide bonds. The van der Waals surface area contributed by atoms with E-state index in [0.717, 1.165) is 31.2 Å². The molecule has 114 valence electrons. The minimum absolute atomic E-state index is 0.143. The van der Waals surface area contributed by atoms with E-state index in [0.29, 0.717) is 11.4 Å². The summed E-state index contributed by atoms with van der Waals surface area (Å²) in [5.74, 6) is -1.43. The molecule has 0 aromatic heterocycles. The highest BCUT2D eigenvalue weighted by atomic mass is 35.5. The topological polar surface area (TPSA) is 66.4 Å². The minimum Gasteiger partial charge on any atom is -0.481 e. The Bertz CT molecular complexity index is 518. The molecule has 5 heteroatoms. The zero-order valence-electron chi connectivity index (χ0n) is 11.8. The Labute approximate surface area is 129 Å². The molecular formula is C16H20ClNO3. The quantitative estimate of drug-likeness (QED) is 0.840. The molecule has 0 aliphatic heterocycles. The standard InChI is InChI=1S/C16H20ClNO3/c17-12-6-4-5-11(9-12)10-15(19)18-14-8-3-1-2-7-13(14)16(20)21/h4-6,9,13-14H,1-3,7-8,10H2,(H,18,19)(H,20,21)/t13-,14+/m1/s1. The van der Waals surface area contributed by atoms with Gasteiger partial charge in [-0.2, -0.15) is 0 Å². The van der Waals surface area contributed by atoms with Crippen molar-refractivity contribution in [2.24, 2.45) is 5.92 Å². The van der Waals surface area contributed by atoms with Gasteiger partial charge in [-0.1, -0.05) is 43.0 Å². The lowest BCUT2D eigenvalue weighted by Gasteiger charge is -2.22. The van der Waals surface area contributed by atoms with E-state index in [2.05, 4.69) is 5.32 Å². The normalized spacial score (nSPS) is 22.3. The number of amides is 1. The van der Waals surface area contributed by atoms with Gasteiger partial charge in [-0.25, -0.2) is 0 Å². The van der Waals surface area contributed by atoms with Crippen molar-refractivity contribution in [2.45, 2.75) is 44.6 Å². The molecule has 21 heavy (non-hydrogen) atoms. The van der Waals surface area contributed by atoms with E-state index in [1.165, 1.54) is 0 Å². The molecular weight excluding hydrogens is 290 g/mol. The molecule has 2 atom stereocenters. The number of hydrogen-bond donors (Lipinski definition) is 2. The van der Waals surface area contributed by atoms with Crippen molar-refractivity contribution in [1.82, 2.24) is 5.32 Å². The molecule has 2 rings (SSSR count). The van der Waals surface area contributed by atoms with Crippen LogP contribution in [0.15, 0.2) is 24.3 Å². The van der Waals surface area contributed by atoms with Gasteiger partial charge in [-0.05, 0) is 30.5 Å². The number of hydrogen-bond acceptors (Lipinski definition) is 2. The first-order valence-electron chi connectivity index (χ1n) is 7.33. The number of benzene rings is 1. The van der Waals surface area contributed by atoms with Gasteiger partial charge < -0.3 is 10.4 Å². The van der Waals surface area contributed by atoms with Gasteiger partial charge >= 0.3 is 5.97 Å². The van der Waals surface area contributed by atoms with Gasteiger partial charge in [0.1, 0.15) is 0 Å². The average molecular weight is 310 g/mol. The Morgan fingerprint density at radius 1 is 1.24 bits per heavy atom. The van der Waals surface area contributed by atoms with E-state index >= 15 is 0 Å². The van der Waals surface area contributed by atoms with Crippen LogP contribution in [-0.4, -0.2) is 23.0 Å². The number of aliphatic carboxylic acids is 1. The molecule has 1 aliphatic carbocycles. The van der Waals surface area contributed by atoms with Crippen molar-refractivity contribution in [3.63, 3.8) is 0 Å². The lowest BCUT2D eigenvalue weighted by Crippen LogP contribution is -2.43. The zero-order chi connectivity index (χ0) is 15.2. The predicted molar refractivity (Wildman–Crippen MR) is 81.3 cm³/mol. The lowest BCUT2D eigenvalue weighted by molar-refractivity contribution is -0.143. The first-order valence-corrected chi connectivity index (χ1v) is 7.70. The smallest absolute Gasteiger partial charge is 0.308 e. The van der Waals surface area contributed by atoms with Crippen LogP contribution in [0, 0.1) is 5.92 Å². The Morgan fingerprint density at radius 2 is 2.00 bits per heavy atom. The monoisotopic (exact) mass is 309 g/mol. The maximum Gasteiger partial charge on any atom is 0.308 e. The lowest BCUT2D eigenvalue weighted by atomic mass is 9.94. The Hall–Kier alpha value is -1.55. The molecule has 1 aromatic rings. The summed E-state index contributed by atoms with van der Waals surface area (Å²) >= 11 is 5.90. The van der Waals surface area contributed by atoms with Crippen LogP contribution in [-0.2, 0) is 16.0 Å². The maximum absolute atomic E-state index is 12.1. The van der Waals surface area contributed by atoms with Gasteiger partial charge in [0.2, 0.25) is 5.91 Å². The molecule has 0 radical (unpaired) electrons. The fourth-order valence-corrected chi connectivity index (χ4v) is 3.08. The Morgan fingerprint density at radius 3 is 2.71 bits per heavy atom. The van der Waals surface area contributed by atoms with E-state index in [1.54, 1.807) is 18.2 Å². The predicted octanol–water partition coefficient (Wildman–Crippen LogP) is 3.03.